The predicted molar refractivity (Wildman–Crippen MR) is 288 cm³/mol. The molecule has 0 rings (SSSR count). The minimum absolute atomic E-state index is 0.0946. The molecule has 0 radical (unpaired) electrons. The first-order valence-corrected chi connectivity index (χ1v) is 28.8. The maximum atomic E-state index is 12.8. The molecule has 0 aliphatic heterocycles. The molecule has 0 N–H and O–H groups in total. The Morgan fingerprint density at radius 1 is 0.299 bits per heavy atom. The maximum Gasteiger partial charge on any atom is 0.306 e. The van der Waals surface area contributed by atoms with Gasteiger partial charge in [0.1, 0.15) is 13.2 Å². The molecular weight excluding hydrogens is 829 g/mol. The minimum Gasteiger partial charge on any atom is -0.462 e. The van der Waals surface area contributed by atoms with Crippen molar-refractivity contribution in [1.82, 2.24) is 0 Å². The van der Waals surface area contributed by atoms with Crippen LogP contribution in [0.2, 0.25) is 0 Å². The van der Waals surface area contributed by atoms with Crippen molar-refractivity contribution < 1.29 is 28.6 Å². The van der Waals surface area contributed by atoms with E-state index in [1.54, 1.807) is 0 Å². The monoisotopic (exact) mass is 937 g/mol. The van der Waals surface area contributed by atoms with Gasteiger partial charge in [0.25, 0.3) is 0 Å². The largest absolute Gasteiger partial charge is 0.462 e. The number of ether oxygens (including phenoxy) is 3. The van der Waals surface area contributed by atoms with Crippen LogP contribution in [0.3, 0.4) is 0 Å². The summed E-state index contributed by atoms with van der Waals surface area (Å²) in [5.74, 6) is -0.944. The number of carbonyl (C=O) groups is 3. The van der Waals surface area contributed by atoms with Gasteiger partial charge in [0.2, 0.25) is 0 Å². The molecule has 0 aromatic heterocycles. The summed E-state index contributed by atoms with van der Waals surface area (Å²) < 4.78 is 16.8. The molecule has 0 fully saturated rings. The van der Waals surface area contributed by atoms with Crippen LogP contribution in [0.15, 0.2) is 60.8 Å². The molecule has 67 heavy (non-hydrogen) atoms. The number of unbranched alkanes of at least 4 members (excludes halogenated alkanes) is 31. The summed E-state index contributed by atoms with van der Waals surface area (Å²) in [4.78, 5) is 38.1. The highest BCUT2D eigenvalue weighted by Crippen LogP contribution is 2.16. The summed E-state index contributed by atoms with van der Waals surface area (Å²) in [7, 11) is 0. The molecule has 0 saturated carbocycles. The van der Waals surface area contributed by atoms with Gasteiger partial charge in [-0.25, -0.2) is 0 Å². The first-order valence-electron chi connectivity index (χ1n) is 28.8. The zero-order chi connectivity index (χ0) is 48.6. The van der Waals surface area contributed by atoms with Gasteiger partial charge in [-0.3, -0.25) is 14.4 Å². The Morgan fingerprint density at radius 2 is 0.552 bits per heavy atom. The number of hydrogen-bond donors (Lipinski definition) is 0. The fourth-order valence-corrected chi connectivity index (χ4v) is 8.14. The highest BCUT2D eigenvalue weighted by Gasteiger charge is 2.19. The number of esters is 3. The Labute approximate surface area is 415 Å². The SMILES string of the molecule is CCCCC/C=C\C/C=C\C/C=C\C/C=C\CCCC(=O)O[C@H](COC(=O)CCCCCCCCC/C=C\CCCCCCCC)COC(=O)CCCCCCCCCCCCCCCCC. The second kappa shape index (κ2) is 55.7. The molecule has 0 spiro atoms. The first kappa shape index (κ1) is 64.1. The van der Waals surface area contributed by atoms with Gasteiger partial charge in [-0.1, -0.05) is 248 Å². The summed E-state index contributed by atoms with van der Waals surface area (Å²) >= 11 is 0. The average molecular weight is 938 g/mol. The molecule has 6 nitrogen and oxygen atoms in total. The zero-order valence-electron chi connectivity index (χ0n) is 44.4. The molecule has 0 aromatic carbocycles. The van der Waals surface area contributed by atoms with Crippen molar-refractivity contribution in [3.63, 3.8) is 0 Å². The molecule has 1 atom stereocenters. The molecule has 0 bridgehead atoms. The molecule has 6 heteroatoms. The van der Waals surface area contributed by atoms with Crippen LogP contribution in [0.25, 0.3) is 0 Å². The minimum atomic E-state index is -0.802. The van der Waals surface area contributed by atoms with Crippen LogP contribution in [0.1, 0.15) is 290 Å². The van der Waals surface area contributed by atoms with Crippen molar-refractivity contribution in [2.75, 3.05) is 13.2 Å². The highest BCUT2D eigenvalue weighted by molar-refractivity contribution is 5.71. The van der Waals surface area contributed by atoms with E-state index in [9.17, 15) is 14.4 Å². The van der Waals surface area contributed by atoms with Gasteiger partial charge in [0.15, 0.2) is 6.10 Å². The Kier molecular flexibility index (Phi) is 53.3. The topological polar surface area (TPSA) is 78.9 Å². The van der Waals surface area contributed by atoms with E-state index < -0.39 is 6.10 Å². The molecule has 0 saturated heterocycles. The van der Waals surface area contributed by atoms with Gasteiger partial charge < -0.3 is 14.2 Å². The third-order valence-electron chi connectivity index (χ3n) is 12.5. The van der Waals surface area contributed by atoms with Crippen LogP contribution in [0.4, 0.5) is 0 Å². The van der Waals surface area contributed by atoms with E-state index in [1.807, 2.05) is 0 Å². The molecule has 0 aliphatic rings. The first-order chi connectivity index (χ1) is 33.0. The van der Waals surface area contributed by atoms with E-state index in [2.05, 4.69) is 81.5 Å². The van der Waals surface area contributed by atoms with E-state index in [1.165, 1.54) is 180 Å². The number of carbonyl (C=O) groups excluding carboxylic acids is 3. The van der Waals surface area contributed by atoms with Crippen LogP contribution in [-0.4, -0.2) is 37.2 Å². The summed E-state index contributed by atoms with van der Waals surface area (Å²) in [6, 6.07) is 0. The molecular formula is C61H108O6. The van der Waals surface area contributed by atoms with Crippen LogP contribution in [-0.2, 0) is 28.6 Å². The third-order valence-corrected chi connectivity index (χ3v) is 12.5. The lowest BCUT2D eigenvalue weighted by atomic mass is 10.0. The fraction of sp³-hybridized carbons (Fsp3) is 0.787. The molecule has 0 unspecified atom stereocenters. The number of rotatable bonds is 52. The van der Waals surface area contributed by atoms with Crippen molar-refractivity contribution in [1.29, 1.82) is 0 Å². The van der Waals surface area contributed by atoms with E-state index in [0.717, 1.165) is 64.2 Å². The smallest absolute Gasteiger partial charge is 0.306 e. The number of allylic oxidation sites excluding steroid dienone is 10. The summed E-state index contributed by atoms with van der Waals surface area (Å²) in [5.41, 5.74) is 0. The van der Waals surface area contributed by atoms with Gasteiger partial charge in [-0.15, -0.1) is 0 Å². The van der Waals surface area contributed by atoms with Crippen LogP contribution < -0.4 is 0 Å². The van der Waals surface area contributed by atoms with E-state index in [0.29, 0.717) is 19.3 Å². The van der Waals surface area contributed by atoms with Gasteiger partial charge in [-0.05, 0) is 83.5 Å². The van der Waals surface area contributed by atoms with E-state index >= 15 is 0 Å². The Bertz CT molecular complexity index is 1210. The van der Waals surface area contributed by atoms with E-state index in [-0.39, 0.29) is 37.5 Å². The molecule has 0 aliphatic carbocycles. The summed E-state index contributed by atoms with van der Waals surface area (Å²) in [6.07, 6.45) is 69.3. The third kappa shape index (κ3) is 53.9. The standard InChI is InChI=1S/C61H108O6/c1-4-7-10-13-16-19-22-25-28-30-33-36-39-42-45-48-51-54-60(63)66-57-58(56-65-59(62)53-50-47-44-41-38-35-32-27-24-21-18-15-12-9-6-3)67-61(64)55-52-49-46-43-40-37-34-31-29-26-23-20-17-14-11-8-5-2/h17,20,25-26,28-29,34,37,43,46,58H,4-16,18-19,21-24,27,30-33,35-36,38-42,44-45,47-57H2,1-3H3/b20-17-,28-25-,29-26-,37-34-,46-43-/t58-/m0/s1. The highest BCUT2D eigenvalue weighted by atomic mass is 16.6. The predicted octanol–water partition coefficient (Wildman–Crippen LogP) is 19.2. The number of hydrogen-bond acceptors (Lipinski definition) is 6. The zero-order valence-corrected chi connectivity index (χ0v) is 44.4. The molecule has 388 valence electrons. The van der Waals surface area contributed by atoms with Gasteiger partial charge >= 0.3 is 17.9 Å². The fourth-order valence-electron chi connectivity index (χ4n) is 8.14. The van der Waals surface area contributed by atoms with Crippen LogP contribution in [0, 0.1) is 0 Å². The normalized spacial score (nSPS) is 12.5. The van der Waals surface area contributed by atoms with Crippen molar-refractivity contribution in [3.05, 3.63) is 60.8 Å². The van der Waals surface area contributed by atoms with Gasteiger partial charge in [0.05, 0.1) is 0 Å². The van der Waals surface area contributed by atoms with Crippen molar-refractivity contribution >= 4 is 17.9 Å². The average Bonchev–Trinajstić information content (AvgIpc) is 3.33. The summed E-state index contributed by atoms with van der Waals surface area (Å²) in [6.45, 7) is 6.59. The van der Waals surface area contributed by atoms with Crippen molar-refractivity contribution in [2.45, 2.75) is 297 Å². The molecule has 0 amide bonds. The maximum absolute atomic E-state index is 12.8. The Morgan fingerprint density at radius 3 is 0.925 bits per heavy atom. The lowest BCUT2D eigenvalue weighted by Gasteiger charge is -2.18. The van der Waals surface area contributed by atoms with Gasteiger partial charge in [-0.2, -0.15) is 0 Å². The second-order valence-corrected chi connectivity index (χ2v) is 19.2. The quantitative estimate of drug-likeness (QED) is 0.0262. The van der Waals surface area contributed by atoms with Crippen LogP contribution >= 0.6 is 0 Å². The Hall–Kier alpha value is -2.89. The van der Waals surface area contributed by atoms with E-state index in [4.69, 9.17) is 14.2 Å². The van der Waals surface area contributed by atoms with Crippen molar-refractivity contribution in [3.8, 4) is 0 Å². The van der Waals surface area contributed by atoms with Crippen LogP contribution in [0.5, 0.6) is 0 Å². The van der Waals surface area contributed by atoms with Crippen molar-refractivity contribution in [2.24, 2.45) is 0 Å². The molecule has 0 aromatic rings. The summed E-state index contributed by atoms with van der Waals surface area (Å²) in [5, 5.41) is 0. The second-order valence-electron chi connectivity index (χ2n) is 19.2. The lowest BCUT2D eigenvalue weighted by molar-refractivity contribution is -0.167. The molecule has 0 heterocycles. The lowest BCUT2D eigenvalue weighted by Crippen LogP contribution is -2.30. The van der Waals surface area contributed by atoms with Gasteiger partial charge in [0, 0.05) is 19.3 Å². The Balaban J connectivity index is 4.45.